The highest BCUT2D eigenvalue weighted by Gasteiger charge is 2.44. The fourth-order valence-corrected chi connectivity index (χ4v) is 4.69. The highest BCUT2D eigenvalue weighted by Crippen LogP contribution is 2.57. The van der Waals surface area contributed by atoms with E-state index in [4.69, 9.17) is 0 Å². The Morgan fingerprint density at radius 2 is 1.39 bits per heavy atom. The summed E-state index contributed by atoms with van der Waals surface area (Å²) in [4.78, 5) is 0. The van der Waals surface area contributed by atoms with E-state index in [0.29, 0.717) is 0 Å². The first-order valence-electron chi connectivity index (χ1n) is 8.77. The smallest absolute Gasteiger partial charge is 0.0471 e. The molecule has 0 atom stereocenters. The second kappa shape index (κ2) is 5.77. The largest absolute Gasteiger partial charge is 0.396 e. The molecule has 0 saturated heterocycles. The first kappa shape index (κ1) is 14.9. The van der Waals surface area contributed by atoms with Crippen molar-refractivity contribution >= 4 is 0 Å². The van der Waals surface area contributed by atoms with Crippen LogP contribution in [-0.4, -0.2) is 23.4 Å². The first-order valence-corrected chi connectivity index (χ1v) is 8.77. The molecule has 1 fully saturated rings. The third-order valence-electron chi connectivity index (χ3n) is 5.75. The average molecular weight is 308 g/mol. The molecule has 2 aromatic rings. The summed E-state index contributed by atoms with van der Waals surface area (Å²) in [6.45, 7) is 0.408. The molecule has 0 amide bonds. The summed E-state index contributed by atoms with van der Waals surface area (Å²) in [5.74, 6) is 0. The van der Waals surface area contributed by atoms with Crippen molar-refractivity contribution in [2.45, 2.75) is 43.9 Å². The van der Waals surface area contributed by atoms with Crippen molar-refractivity contribution in [3.63, 3.8) is 0 Å². The van der Waals surface area contributed by atoms with Crippen molar-refractivity contribution in [1.82, 2.24) is 0 Å². The topological polar surface area (TPSA) is 40.5 Å². The lowest BCUT2D eigenvalue weighted by Crippen LogP contribution is -2.20. The van der Waals surface area contributed by atoms with Crippen molar-refractivity contribution in [1.29, 1.82) is 0 Å². The second-order valence-electron chi connectivity index (χ2n) is 7.00. The van der Waals surface area contributed by atoms with Gasteiger partial charge in [-0.3, -0.25) is 0 Å². The van der Waals surface area contributed by atoms with E-state index in [1.807, 2.05) is 0 Å². The van der Waals surface area contributed by atoms with Gasteiger partial charge >= 0.3 is 0 Å². The molecule has 1 saturated carbocycles. The molecule has 2 aliphatic carbocycles. The molecule has 0 bridgehead atoms. The molecule has 2 heteroatoms. The zero-order chi connectivity index (χ0) is 15.9. The van der Waals surface area contributed by atoms with E-state index in [1.165, 1.54) is 59.1 Å². The maximum Gasteiger partial charge on any atom is 0.0471 e. The van der Waals surface area contributed by atoms with Gasteiger partial charge in [0.25, 0.3) is 0 Å². The van der Waals surface area contributed by atoms with Crippen LogP contribution in [0.15, 0.2) is 36.4 Å². The molecule has 1 spiro atoms. The number of aliphatic hydroxyl groups excluding tert-OH is 2. The van der Waals surface area contributed by atoms with E-state index >= 15 is 0 Å². The Morgan fingerprint density at radius 1 is 0.739 bits per heavy atom. The molecule has 23 heavy (non-hydrogen) atoms. The van der Waals surface area contributed by atoms with E-state index < -0.39 is 0 Å². The van der Waals surface area contributed by atoms with Crippen molar-refractivity contribution in [3.05, 3.63) is 58.7 Å². The molecule has 0 radical (unpaired) electrons. The molecular formula is C21H24O2. The number of benzene rings is 2. The van der Waals surface area contributed by atoms with Crippen LogP contribution in [0.25, 0.3) is 11.1 Å². The van der Waals surface area contributed by atoms with E-state index in [0.717, 1.165) is 12.8 Å². The number of aliphatic hydroxyl groups is 2. The van der Waals surface area contributed by atoms with Crippen LogP contribution in [0.4, 0.5) is 0 Å². The maximum absolute atomic E-state index is 9.27. The molecule has 0 aromatic heterocycles. The van der Waals surface area contributed by atoms with E-state index in [2.05, 4.69) is 36.4 Å². The van der Waals surface area contributed by atoms with E-state index in [9.17, 15) is 10.2 Å². The Labute approximate surface area is 137 Å². The lowest BCUT2D eigenvalue weighted by Gasteiger charge is -2.27. The van der Waals surface area contributed by atoms with Crippen LogP contribution in [0.1, 0.15) is 47.9 Å². The zero-order valence-electron chi connectivity index (χ0n) is 13.5. The van der Waals surface area contributed by atoms with Crippen molar-refractivity contribution < 1.29 is 10.2 Å². The normalized spacial score (nSPS) is 17.5. The number of hydrogen-bond acceptors (Lipinski definition) is 2. The van der Waals surface area contributed by atoms with Crippen LogP contribution < -0.4 is 0 Å². The van der Waals surface area contributed by atoms with Gasteiger partial charge in [0.2, 0.25) is 0 Å². The minimum Gasteiger partial charge on any atom is -0.396 e. The summed E-state index contributed by atoms with van der Waals surface area (Å²) < 4.78 is 0. The van der Waals surface area contributed by atoms with Gasteiger partial charge in [0.1, 0.15) is 0 Å². The summed E-state index contributed by atoms with van der Waals surface area (Å²) in [6.07, 6.45) is 6.50. The fourth-order valence-electron chi connectivity index (χ4n) is 4.69. The number of rotatable bonds is 4. The zero-order valence-corrected chi connectivity index (χ0v) is 13.5. The second-order valence-corrected chi connectivity index (χ2v) is 7.00. The first-order chi connectivity index (χ1) is 11.3. The van der Waals surface area contributed by atoms with Crippen LogP contribution in [0.3, 0.4) is 0 Å². The Balaban J connectivity index is 1.89. The molecule has 0 unspecified atom stereocenters. The Morgan fingerprint density at radius 3 is 2.09 bits per heavy atom. The highest BCUT2D eigenvalue weighted by atomic mass is 16.3. The summed E-state index contributed by atoms with van der Waals surface area (Å²) >= 11 is 0. The van der Waals surface area contributed by atoms with Crippen molar-refractivity contribution in [2.75, 3.05) is 13.2 Å². The third-order valence-corrected chi connectivity index (χ3v) is 5.75. The van der Waals surface area contributed by atoms with Gasteiger partial charge in [0, 0.05) is 18.6 Å². The molecule has 0 aliphatic heterocycles. The van der Waals surface area contributed by atoms with Crippen LogP contribution >= 0.6 is 0 Å². The van der Waals surface area contributed by atoms with Crippen molar-refractivity contribution in [3.8, 4) is 11.1 Å². The highest BCUT2D eigenvalue weighted by molar-refractivity contribution is 5.82. The molecule has 2 nitrogen and oxygen atoms in total. The van der Waals surface area contributed by atoms with Crippen LogP contribution in [0, 0.1) is 0 Å². The monoisotopic (exact) mass is 308 g/mol. The van der Waals surface area contributed by atoms with Gasteiger partial charge in [0.15, 0.2) is 0 Å². The van der Waals surface area contributed by atoms with Gasteiger partial charge < -0.3 is 10.2 Å². The quantitative estimate of drug-likeness (QED) is 0.906. The summed E-state index contributed by atoms with van der Waals surface area (Å²) in [6, 6.07) is 13.5. The molecule has 2 N–H and O–H groups in total. The third kappa shape index (κ3) is 2.24. The van der Waals surface area contributed by atoms with Crippen LogP contribution in [0.2, 0.25) is 0 Å². The van der Waals surface area contributed by atoms with Gasteiger partial charge in [-0.05, 0) is 59.1 Å². The standard InChI is InChI=1S/C21H24O2/c22-11-7-15-4-6-19-18(13-15)17-5-3-16(8-12-23)14-20(17)21(19)9-1-2-10-21/h3-6,13-14,22-23H,1-2,7-12H2. The predicted molar refractivity (Wildman–Crippen MR) is 92.7 cm³/mol. The molecule has 4 rings (SSSR count). The Hall–Kier alpha value is -1.64. The molecule has 2 aliphatic rings. The van der Waals surface area contributed by atoms with E-state index in [1.54, 1.807) is 0 Å². The molecule has 120 valence electrons. The minimum atomic E-state index is 0.188. The Kier molecular flexibility index (Phi) is 3.74. The summed E-state index contributed by atoms with van der Waals surface area (Å²) in [5.41, 5.74) is 8.32. The average Bonchev–Trinajstić information content (AvgIpc) is 3.15. The van der Waals surface area contributed by atoms with Gasteiger partial charge in [-0.15, -0.1) is 0 Å². The number of hydrogen-bond donors (Lipinski definition) is 2. The predicted octanol–water partition coefficient (Wildman–Crippen LogP) is 3.60. The van der Waals surface area contributed by atoms with Crippen molar-refractivity contribution in [2.24, 2.45) is 0 Å². The van der Waals surface area contributed by atoms with Gasteiger partial charge in [-0.2, -0.15) is 0 Å². The Bertz CT molecular complexity index is 727. The molecular weight excluding hydrogens is 284 g/mol. The van der Waals surface area contributed by atoms with E-state index in [-0.39, 0.29) is 18.6 Å². The van der Waals surface area contributed by atoms with Crippen LogP contribution in [-0.2, 0) is 18.3 Å². The molecule has 0 heterocycles. The lowest BCUT2D eigenvalue weighted by atomic mass is 9.76. The van der Waals surface area contributed by atoms with Gasteiger partial charge in [-0.1, -0.05) is 49.2 Å². The number of fused-ring (bicyclic) bond motifs is 5. The SMILES string of the molecule is OCCc1ccc2c(c1)-c1ccc(CCO)cc1C21CCCC1. The lowest BCUT2D eigenvalue weighted by molar-refractivity contribution is 0.299. The fraction of sp³-hybridized carbons (Fsp3) is 0.429. The maximum atomic E-state index is 9.27. The van der Waals surface area contributed by atoms with Crippen LogP contribution in [0.5, 0.6) is 0 Å². The minimum absolute atomic E-state index is 0.188. The summed E-state index contributed by atoms with van der Waals surface area (Å²) in [7, 11) is 0. The summed E-state index contributed by atoms with van der Waals surface area (Å²) in [5, 5.41) is 18.5. The molecule has 2 aromatic carbocycles. The van der Waals surface area contributed by atoms with Gasteiger partial charge in [-0.25, -0.2) is 0 Å². The van der Waals surface area contributed by atoms with Gasteiger partial charge in [0.05, 0.1) is 0 Å².